The largest absolute Gasteiger partial charge is 0.377 e. The molecule has 0 spiro atoms. The topological polar surface area (TPSA) is 54.5 Å². The summed E-state index contributed by atoms with van der Waals surface area (Å²) >= 11 is 0. The summed E-state index contributed by atoms with van der Waals surface area (Å²) in [7, 11) is 0. The number of ether oxygens (including phenoxy) is 1. The van der Waals surface area contributed by atoms with Gasteiger partial charge in [0.15, 0.2) is 0 Å². The Balaban J connectivity index is 1.67. The molecule has 1 aromatic heterocycles. The zero-order valence-corrected chi connectivity index (χ0v) is 14.3. The Hall–Kier alpha value is -1.62. The smallest absolute Gasteiger partial charge is 0.317 e. The number of nitrogens with zero attached hydrogens (tertiary/aromatic N) is 2. The summed E-state index contributed by atoms with van der Waals surface area (Å²) in [6, 6.07) is 4.16. The highest BCUT2D eigenvalue weighted by Crippen LogP contribution is 2.54. The number of hydrogen-bond acceptors (Lipinski definition) is 3. The number of carbonyl (C=O) groups excluding carboxylic acids is 1. The zero-order valence-electron chi connectivity index (χ0n) is 14.3. The molecule has 23 heavy (non-hydrogen) atoms. The Morgan fingerprint density at radius 2 is 2.35 bits per heavy atom. The number of carbonyl (C=O) groups is 1. The first-order valence-corrected chi connectivity index (χ1v) is 8.60. The van der Waals surface area contributed by atoms with Crippen LogP contribution >= 0.6 is 0 Å². The molecule has 2 fully saturated rings. The van der Waals surface area contributed by atoms with Gasteiger partial charge in [0.05, 0.1) is 6.10 Å². The maximum Gasteiger partial charge on any atom is 0.317 e. The minimum Gasteiger partial charge on any atom is -0.377 e. The quantitative estimate of drug-likeness (QED) is 0.908. The summed E-state index contributed by atoms with van der Waals surface area (Å²) in [6.07, 6.45) is 5.86. The molecule has 5 nitrogen and oxygen atoms in total. The molecular formula is C18H27N3O2. The van der Waals surface area contributed by atoms with Gasteiger partial charge in [0.25, 0.3) is 0 Å². The molecule has 1 aliphatic heterocycles. The fraction of sp³-hybridized carbons (Fsp3) is 0.667. The molecule has 2 heterocycles. The van der Waals surface area contributed by atoms with Gasteiger partial charge in [-0.05, 0) is 24.5 Å². The lowest BCUT2D eigenvalue weighted by molar-refractivity contribution is -0.143. The summed E-state index contributed by atoms with van der Waals surface area (Å²) in [6.45, 7) is 8.70. The first-order chi connectivity index (χ1) is 11.1. The molecule has 5 heteroatoms. The lowest BCUT2D eigenvalue weighted by atomic mass is 9.56. The van der Waals surface area contributed by atoms with E-state index in [4.69, 9.17) is 4.74 Å². The molecule has 126 valence electrons. The van der Waals surface area contributed by atoms with E-state index in [1.807, 2.05) is 17.0 Å². The minimum absolute atomic E-state index is 0.0270. The second kappa shape index (κ2) is 6.48. The summed E-state index contributed by atoms with van der Waals surface area (Å²) in [5.41, 5.74) is 1.05. The Kier molecular flexibility index (Phi) is 4.57. The van der Waals surface area contributed by atoms with Crippen LogP contribution in [0.4, 0.5) is 4.79 Å². The molecule has 1 aliphatic carbocycles. The fourth-order valence-electron chi connectivity index (χ4n) is 4.32. The third-order valence-electron chi connectivity index (χ3n) is 5.27. The van der Waals surface area contributed by atoms with Crippen molar-refractivity contribution in [3.8, 4) is 0 Å². The third-order valence-corrected chi connectivity index (χ3v) is 5.27. The molecule has 0 bridgehead atoms. The van der Waals surface area contributed by atoms with Gasteiger partial charge in [0, 0.05) is 49.5 Å². The van der Waals surface area contributed by atoms with Crippen molar-refractivity contribution in [2.75, 3.05) is 13.2 Å². The number of aromatic nitrogens is 1. The predicted octanol–water partition coefficient (Wildman–Crippen LogP) is 2.82. The van der Waals surface area contributed by atoms with Gasteiger partial charge in [-0.2, -0.15) is 0 Å². The molecule has 2 amide bonds. The van der Waals surface area contributed by atoms with Crippen LogP contribution in [0.5, 0.6) is 0 Å². The van der Waals surface area contributed by atoms with E-state index < -0.39 is 0 Å². The van der Waals surface area contributed by atoms with Crippen LogP contribution in [-0.4, -0.2) is 41.2 Å². The second-order valence-corrected chi connectivity index (χ2v) is 7.22. The van der Waals surface area contributed by atoms with Crippen molar-refractivity contribution < 1.29 is 9.53 Å². The number of fused-ring (bicyclic) bond motifs is 1. The van der Waals surface area contributed by atoms with Crippen LogP contribution < -0.4 is 5.32 Å². The lowest BCUT2D eigenvalue weighted by Crippen LogP contribution is -2.68. The van der Waals surface area contributed by atoms with Crippen molar-refractivity contribution in [2.45, 2.75) is 52.3 Å². The Labute approximate surface area is 138 Å². The van der Waals surface area contributed by atoms with Gasteiger partial charge < -0.3 is 15.0 Å². The number of rotatable bonds is 5. The number of urea groups is 1. The summed E-state index contributed by atoms with van der Waals surface area (Å²) in [5, 5.41) is 3.06. The Morgan fingerprint density at radius 3 is 3.04 bits per heavy atom. The second-order valence-electron chi connectivity index (χ2n) is 7.22. The highest BCUT2D eigenvalue weighted by Gasteiger charge is 2.61. The van der Waals surface area contributed by atoms with Gasteiger partial charge >= 0.3 is 6.03 Å². The summed E-state index contributed by atoms with van der Waals surface area (Å²) < 4.78 is 5.87. The van der Waals surface area contributed by atoms with Crippen molar-refractivity contribution in [2.24, 2.45) is 11.3 Å². The SMILES string of the molecule is CCCN(C(=O)NCc1cccnc1)[C@@H]1[C@@H]2CCO[C@H]2C1(C)C. The Morgan fingerprint density at radius 1 is 1.52 bits per heavy atom. The molecule has 1 N–H and O–H groups in total. The molecular weight excluding hydrogens is 290 g/mol. The van der Waals surface area contributed by atoms with E-state index in [1.54, 1.807) is 12.4 Å². The van der Waals surface area contributed by atoms with E-state index >= 15 is 0 Å². The van der Waals surface area contributed by atoms with E-state index in [-0.39, 0.29) is 17.5 Å². The van der Waals surface area contributed by atoms with Crippen LogP contribution in [0.3, 0.4) is 0 Å². The van der Waals surface area contributed by atoms with Crippen LogP contribution in [0.2, 0.25) is 0 Å². The van der Waals surface area contributed by atoms with Crippen molar-refractivity contribution in [3.05, 3.63) is 30.1 Å². The van der Waals surface area contributed by atoms with Gasteiger partial charge in [-0.15, -0.1) is 0 Å². The van der Waals surface area contributed by atoms with Gasteiger partial charge in [0.2, 0.25) is 0 Å². The summed E-state index contributed by atoms with van der Waals surface area (Å²) in [5.74, 6) is 0.487. The van der Waals surface area contributed by atoms with Gasteiger partial charge in [-0.3, -0.25) is 4.98 Å². The molecule has 3 atom stereocenters. The highest BCUT2D eigenvalue weighted by molar-refractivity contribution is 5.75. The minimum atomic E-state index is 0.0270. The van der Waals surface area contributed by atoms with E-state index in [9.17, 15) is 4.79 Å². The third kappa shape index (κ3) is 2.94. The van der Waals surface area contributed by atoms with E-state index in [1.165, 1.54) is 0 Å². The van der Waals surface area contributed by atoms with Crippen LogP contribution in [0, 0.1) is 11.3 Å². The maximum atomic E-state index is 12.8. The van der Waals surface area contributed by atoms with Crippen molar-refractivity contribution in [1.29, 1.82) is 0 Å². The molecule has 0 unspecified atom stereocenters. The lowest BCUT2D eigenvalue weighted by Gasteiger charge is -2.58. The zero-order chi connectivity index (χ0) is 16.4. The van der Waals surface area contributed by atoms with Crippen LogP contribution in [-0.2, 0) is 11.3 Å². The average molecular weight is 317 g/mol. The van der Waals surface area contributed by atoms with E-state index in [0.29, 0.717) is 18.6 Å². The molecule has 0 aromatic carbocycles. The van der Waals surface area contributed by atoms with Crippen LogP contribution in [0.15, 0.2) is 24.5 Å². The standard InChI is InChI=1S/C18H27N3O2/c1-4-9-21(15-14-7-10-23-16(14)18(15,2)3)17(22)20-12-13-6-5-8-19-11-13/h5-6,8,11,14-16H,4,7,9-10,12H2,1-3H3,(H,20,22)/t14-,15+,16+/m0/s1. The van der Waals surface area contributed by atoms with Gasteiger partial charge in [-0.25, -0.2) is 4.79 Å². The molecule has 1 saturated carbocycles. The molecule has 0 radical (unpaired) electrons. The Bertz CT molecular complexity index is 546. The van der Waals surface area contributed by atoms with Gasteiger partial charge in [0.1, 0.15) is 0 Å². The maximum absolute atomic E-state index is 12.8. The van der Waals surface area contributed by atoms with E-state index in [0.717, 1.165) is 31.6 Å². The number of pyridine rings is 1. The first-order valence-electron chi connectivity index (χ1n) is 8.60. The van der Waals surface area contributed by atoms with Gasteiger partial charge in [-0.1, -0.05) is 26.8 Å². The van der Waals surface area contributed by atoms with E-state index in [2.05, 4.69) is 31.1 Å². The monoisotopic (exact) mass is 317 g/mol. The van der Waals surface area contributed by atoms with Crippen molar-refractivity contribution in [3.63, 3.8) is 0 Å². The van der Waals surface area contributed by atoms with Crippen LogP contribution in [0.1, 0.15) is 39.2 Å². The fourth-order valence-corrected chi connectivity index (χ4v) is 4.32. The summed E-state index contributed by atoms with van der Waals surface area (Å²) in [4.78, 5) is 18.9. The number of amides is 2. The number of hydrogen-bond donors (Lipinski definition) is 1. The average Bonchev–Trinajstić information content (AvgIpc) is 2.99. The molecule has 3 rings (SSSR count). The molecule has 1 aromatic rings. The normalized spacial score (nSPS) is 27.9. The highest BCUT2D eigenvalue weighted by atomic mass is 16.5. The predicted molar refractivity (Wildman–Crippen MR) is 88.9 cm³/mol. The first kappa shape index (κ1) is 16.2. The molecule has 2 aliphatic rings. The van der Waals surface area contributed by atoms with Crippen LogP contribution in [0.25, 0.3) is 0 Å². The molecule has 1 saturated heterocycles. The number of nitrogens with one attached hydrogen (secondary N) is 1. The van der Waals surface area contributed by atoms with Crippen molar-refractivity contribution in [1.82, 2.24) is 15.2 Å². The van der Waals surface area contributed by atoms with Crippen molar-refractivity contribution >= 4 is 6.03 Å².